The standard InChI is InChI=1S/C17H15ClO3/c1-10-8-14(18)16(15(19)9-10)17(20)11-2-4-12(5-3-11)21-13-6-7-13/h2-5,8-9,13,19H,6-7H2,1H3. The summed E-state index contributed by atoms with van der Waals surface area (Å²) < 4.78 is 5.64. The van der Waals surface area contributed by atoms with E-state index in [0.29, 0.717) is 11.7 Å². The van der Waals surface area contributed by atoms with Crippen molar-refractivity contribution < 1.29 is 14.6 Å². The second-order valence-corrected chi connectivity index (χ2v) is 5.72. The van der Waals surface area contributed by atoms with Crippen molar-refractivity contribution in [3.8, 4) is 11.5 Å². The second kappa shape index (κ2) is 5.41. The highest BCUT2D eigenvalue weighted by Crippen LogP contribution is 2.31. The molecule has 21 heavy (non-hydrogen) atoms. The van der Waals surface area contributed by atoms with Gasteiger partial charge in [-0.05, 0) is 61.7 Å². The van der Waals surface area contributed by atoms with Gasteiger partial charge < -0.3 is 9.84 Å². The number of ether oxygens (including phenoxy) is 1. The van der Waals surface area contributed by atoms with Gasteiger partial charge >= 0.3 is 0 Å². The van der Waals surface area contributed by atoms with Crippen LogP contribution in [0.2, 0.25) is 5.02 Å². The molecule has 0 radical (unpaired) electrons. The number of aryl methyl sites for hydroxylation is 1. The van der Waals surface area contributed by atoms with Crippen LogP contribution in [0.5, 0.6) is 11.5 Å². The zero-order valence-electron chi connectivity index (χ0n) is 11.6. The molecule has 2 aromatic rings. The summed E-state index contributed by atoms with van der Waals surface area (Å²) >= 11 is 6.08. The number of hydrogen-bond acceptors (Lipinski definition) is 3. The van der Waals surface area contributed by atoms with Crippen LogP contribution in [-0.4, -0.2) is 17.0 Å². The molecule has 0 unspecified atom stereocenters. The molecule has 0 aliphatic heterocycles. The van der Waals surface area contributed by atoms with Gasteiger partial charge in [0, 0.05) is 5.56 Å². The van der Waals surface area contributed by atoms with Gasteiger partial charge in [0.1, 0.15) is 11.5 Å². The minimum absolute atomic E-state index is 0.0942. The molecular weight excluding hydrogens is 288 g/mol. The molecule has 1 aliphatic rings. The monoisotopic (exact) mass is 302 g/mol. The van der Waals surface area contributed by atoms with Crippen molar-refractivity contribution in [2.45, 2.75) is 25.9 Å². The van der Waals surface area contributed by atoms with Gasteiger partial charge in [0.15, 0.2) is 5.78 Å². The van der Waals surface area contributed by atoms with Crippen molar-refractivity contribution in [3.05, 3.63) is 58.1 Å². The molecule has 4 heteroatoms. The first kappa shape index (κ1) is 14.0. The summed E-state index contributed by atoms with van der Waals surface area (Å²) in [5, 5.41) is 10.2. The van der Waals surface area contributed by atoms with Crippen LogP contribution in [0.1, 0.15) is 34.3 Å². The van der Waals surface area contributed by atoms with E-state index in [4.69, 9.17) is 16.3 Å². The SMILES string of the molecule is Cc1cc(O)c(C(=O)c2ccc(OC3CC3)cc2)c(Cl)c1. The van der Waals surface area contributed by atoms with Crippen LogP contribution >= 0.6 is 11.6 Å². The normalized spacial score (nSPS) is 14.0. The summed E-state index contributed by atoms with van der Waals surface area (Å²) in [7, 11) is 0. The van der Waals surface area contributed by atoms with Gasteiger partial charge in [-0.1, -0.05) is 11.6 Å². The quantitative estimate of drug-likeness (QED) is 0.864. The zero-order chi connectivity index (χ0) is 15.0. The number of phenols is 1. The maximum absolute atomic E-state index is 12.5. The van der Waals surface area contributed by atoms with Crippen LogP contribution in [0, 0.1) is 6.92 Å². The van der Waals surface area contributed by atoms with Crippen molar-refractivity contribution >= 4 is 17.4 Å². The van der Waals surface area contributed by atoms with Crippen molar-refractivity contribution in [1.29, 1.82) is 0 Å². The largest absolute Gasteiger partial charge is 0.507 e. The number of aromatic hydroxyl groups is 1. The van der Waals surface area contributed by atoms with Gasteiger partial charge in [-0.15, -0.1) is 0 Å². The van der Waals surface area contributed by atoms with Gasteiger partial charge in [-0.2, -0.15) is 0 Å². The van der Waals surface area contributed by atoms with Crippen LogP contribution in [0.15, 0.2) is 36.4 Å². The fourth-order valence-electron chi connectivity index (χ4n) is 2.16. The van der Waals surface area contributed by atoms with E-state index in [2.05, 4.69) is 0 Å². The number of ketones is 1. The Hall–Kier alpha value is -2.00. The smallest absolute Gasteiger partial charge is 0.198 e. The summed E-state index contributed by atoms with van der Waals surface area (Å²) in [5.74, 6) is 0.368. The van der Waals surface area contributed by atoms with Crippen LogP contribution in [-0.2, 0) is 0 Å². The van der Waals surface area contributed by atoms with Gasteiger partial charge in [-0.25, -0.2) is 0 Å². The lowest BCUT2D eigenvalue weighted by Crippen LogP contribution is -2.03. The Morgan fingerprint density at radius 1 is 1.24 bits per heavy atom. The highest BCUT2D eigenvalue weighted by molar-refractivity contribution is 6.35. The third kappa shape index (κ3) is 3.03. The molecule has 3 rings (SSSR count). The molecule has 108 valence electrons. The summed E-state index contributed by atoms with van der Waals surface area (Å²) in [4.78, 5) is 12.5. The topological polar surface area (TPSA) is 46.5 Å². The number of phenolic OH excluding ortho intramolecular Hbond substituents is 1. The molecule has 1 N–H and O–H groups in total. The van der Waals surface area contributed by atoms with Crippen molar-refractivity contribution in [2.24, 2.45) is 0 Å². The molecule has 0 atom stereocenters. The molecule has 0 spiro atoms. The first-order valence-corrected chi connectivity index (χ1v) is 7.23. The number of halogens is 1. The summed E-state index contributed by atoms with van der Waals surface area (Å²) in [6.07, 6.45) is 2.50. The van der Waals surface area contributed by atoms with Crippen LogP contribution in [0.4, 0.5) is 0 Å². The van der Waals surface area contributed by atoms with Crippen LogP contribution < -0.4 is 4.74 Å². The first-order chi connectivity index (χ1) is 10.0. The lowest BCUT2D eigenvalue weighted by molar-refractivity contribution is 0.103. The predicted molar refractivity (Wildman–Crippen MR) is 81.4 cm³/mol. The van der Waals surface area contributed by atoms with Crippen molar-refractivity contribution in [2.75, 3.05) is 0 Å². The molecule has 2 aromatic carbocycles. The molecule has 0 bridgehead atoms. The van der Waals surface area contributed by atoms with E-state index in [1.165, 1.54) is 6.07 Å². The maximum atomic E-state index is 12.5. The van der Waals surface area contributed by atoms with Crippen molar-refractivity contribution in [1.82, 2.24) is 0 Å². The Bertz CT molecular complexity index is 665. The van der Waals surface area contributed by atoms with E-state index in [1.54, 1.807) is 30.3 Å². The average Bonchev–Trinajstić information content (AvgIpc) is 3.22. The molecular formula is C17H15ClO3. The first-order valence-electron chi connectivity index (χ1n) is 6.85. The zero-order valence-corrected chi connectivity index (χ0v) is 12.4. The minimum Gasteiger partial charge on any atom is -0.507 e. The van der Waals surface area contributed by atoms with E-state index in [0.717, 1.165) is 24.2 Å². The molecule has 1 saturated carbocycles. The Labute approximate surface area is 128 Å². The molecule has 0 aromatic heterocycles. The van der Waals surface area contributed by atoms with Gasteiger partial charge in [0.2, 0.25) is 0 Å². The number of benzene rings is 2. The highest BCUT2D eigenvalue weighted by atomic mass is 35.5. The number of rotatable bonds is 4. The number of carbonyl (C=O) groups excluding carboxylic acids is 1. The highest BCUT2D eigenvalue weighted by Gasteiger charge is 2.23. The van der Waals surface area contributed by atoms with Gasteiger partial charge in [-0.3, -0.25) is 4.79 Å². The van der Waals surface area contributed by atoms with Crippen molar-refractivity contribution in [3.63, 3.8) is 0 Å². The summed E-state index contributed by atoms with van der Waals surface area (Å²) in [5.41, 5.74) is 1.42. The molecule has 1 fully saturated rings. The molecule has 0 saturated heterocycles. The van der Waals surface area contributed by atoms with Gasteiger partial charge in [0.05, 0.1) is 16.7 Å². The fourth-order valence-corrected chi connectivity index (χ4v) is 2.51. The summed E-state index contributed by atoms with van der Waals surface area (Å²) in [6.45, 7) is 1.81. The summed E-state index contributed by atoms with van der Waals surface area (Å²) in [6, 6.07) is 10.1. The van der Waals surface area contributed by atoms with Crippen LogP contribution in [0.3, 0.4) is 0 Å². The third-order valence-electron chi connectivity index (χ3n) is 3.38. The maximum Gasteiger partial charge on any atom is 0.198 e. The van der Waals surface area contributed by atoms with Crippen LogP contribution in [0.25, 0.3) is 0 Å². The Kier molecular flexibility index (Phi) is 3.60. The third-order valence-corrected chi connectivity index (χ3v) is 3.68. The second-order valence-electron chi connectivity index (χ2n) is 5.31. The molecule has 1 aliphatic carbocycles. The lowest BCUT2D eigenvalue weighted by Gasteiger charge is -2.09. The Balaban J connectivity index is 1.87. The molecule has 3 nitrogen and oxygen atoms in total. The molecule has 0 heterocycles. The van der Waals surface area contributed by atoms with E-state index < -0.39 is 0 Å². The van der Waals surface area contributed by atoms with Gasteiger partial charge in [0.25, 0.3) is 0 Å². The lowest BCUT2D eigenvalue weighted by atomic mass is 10.0. The fraction of sp³-hybridized carbons (Fsp3) is 0.235. The van der Waals surface area contributed by atoms with E-state index in [9.17, 15) is 9.90 Å². The average molecular weight is 303 g/mol. The Morgan fingerprint density at radius 2 is 1.90 bits per heavy atom. The van der Waals surface area contributed by atoms with E-state index in [-0.39, 0.29) is 22.1 Å². The van der Waals surface area contributed by atoms with E-state index >= 15 is 0 Å². The number of hydrogen-bond donors (Lipinski definition) is 1. The molecule has 0 amide bonds. The number of carbonyl (C=O) groups is 1. The minimum atomic E-state index is -0.296. The van der Waals surface area contributed by atoms with E-state index in [1.807, 2.05) is 6.92 Å². The predicted octanol–water partition coefficient (Wildman–Crippen LogP) is 4.13. The Morgan fingerprint density at radius 3 is 2.48 bits per heavy atom.